The van der Waals surface area contributed by atoms with E-state index in [-0.39, 0.29) is 30.0 Å². The molecule has 0 aliphatic heterocycles. The van der Waals surface area contributed by atoms with Gasteiger partial charge in [0.1, 0.15) is 0 Å². The van der Waals surface area contributed by atoms with Gasteiger partial charge in [0.2, 0.25) is 0 Å². The summed E-state index contributed by atoms with van der Waals surface area (Å²) in [6, 6.07) is 6.78. The van der Waals surface area contributed by atoms with Crippen molar-refractivity contribution in [1.29, 1.82) is 0 Å². The lowest BCUT2D eigenvalue weighted by atomic mass is 10.1. The lowest BCUT2D eigenvalue weighted by Gasteiger charge is -2.27. The second kappa shape index (κ2) is 12.6. The Bertz CT molecular complexity index is 630. The molecule has 160 valence electrons. The Morgan fingerprint density at radius 3 is 2.50 bits per heavy atom. The summed E-state index contributed by atoms with van der Waals surface area (Å²) < 4.78 is 10.8. The highest BCUT2D eigenvalue weighted by Crippen LogP contribution is 2.31. The standard InChI is InChI=1S/C20H34N4O2S.HI/c1-21-20(23-15-8-9-16(12-15)27-6)22-13-17(24(2)3)14-7-10-18(25-4)19(11-14)26-5;/h7,10-11,15-17H,8-9,12-13H2,1-6H3,(H2,21,22,23);1H. The second-order valence-electron chi connectivity index (χ2n) is 7.06. The first kappa shape index (κ1) is 25.2. The van der Waals surface area contributed by atoms with Crippen LogP contribution in [0.4, 0.5) is 0 Å². The highest BCUT2D eigenvalue weighted by Gasteiger charge is 2.25. The molecule has 3 unspecified atom stereocenters. The van der Waals surface area contributed by atoms with Crippen LogP contribution >= 0.6 is 35.7 Å². The van der Waals surface area contributed by atoms with Gasteiger partial charge in [-0.05, 0) is 57.3 Å². The van der Waals surface area contributed by atoms with Crippen molar-refractivity contribution in [3.8, 4) is 11.5 Å². The zero-order valence-electron chi connectivity index (χ0n) is 17.8. The van der Waals surface area contributed by atoms with Crippen LogP contribution in [0.2, 0.25) is 0 Å². The molecule has 2 N–H and O–H groups in total. The highest BCUT2D eigenvalue weighted by atomic mass is 127. The van der Waals surface area contributed by atoms with Crippen molar-refractivity contribution in [2.75, 3.05) is 48.2 Å². The summed E-state index contributed by atoms with van der Waals surface area (Å²) in [5.41, 5.74) is 1.17. The number of hydrogen-bond acceptors (Lipinski definition) is 5. The van der Waals surface area contributed by atoms with Gasteiger partial charge in [-0.25, -0.2) is 0 Å². The average molecular weight is 522 g/mol. The van der Waals surface area contributed by atoms with E-state index >= 15 is 0 Å². The van der Waals surface area contributed by atoms with Crippen LogP contribution in [0.15, 0.2) is 23.2 Å². The number of halogens is 1. The molecule has 2 rings (SSSR count). The van der Waals surface area contributed by atoms with Crippen molar-refractivity contribution in [2.24, 2.45) is 4.99 Å². The number of thioether (sulfide) groups is 1. The van der Waals surface area contributed by atoms with Crippen LogP contribution in [-0.2, 0) is 0 Å². The van der Waals surface area contributed by atoms with E-state index in [9.17, 15) is 0 Å². The Morgan fingerprint density at radius 1 is 1.25 bits per heavy atom. The summed E-state index contributed by atoms with van der Waals surface area (Å²) in [6.45, 7) is 0.751. The molecular formula is C20H35IN4O2S. The number of guanidine groups is 1. The first-order chi connectivity index (χ1) is 13.0. The van der Waals surface area contributed by atoms with Crippen LogP contribution < -0.4 is 20.1 Å². The largest absolute Gasteiger partial charge is 0.493 e. The Labute approximate surface area is 191 Å². The fraction of sp³-hybridized carbons (Fsp3) is 0.650. The summed E-state index contributed by atoms with van der Waals surface area (Å²) in [5.74, 6) is 2.36. The van der Waals surface area contributed by atoms with E-state index in [1.165, 1.54) is 24.8 Å². The number of methoxy groups -OCH3 is 2. The Balaban J connectivity index is 0.00000392. The summed E-state index contributed by atoms with van der Waals surface area (Å²) in [6.07, 6.45) is 5.89. The summed E-state index contributed by atoms with van der Waals surface area (Å²) in [7, 11) is 9.32. The monoisotopic (exact) mass is 522 g/mol. The van der Waals surface area contributed by atoms with E-state index in [1.807, 2.05) is 30.9 Å². The van der Waals surface area contributed by atoms with Gasteiger partial charge in [0.05, 0.1) is 20.3 Å². The van der Waals surface area contributed by atoms with Crippen LogP contribution in [0, 0.1) is 0 Å². The molecule has 1 aliphatic carbocycles. The molecule has 1 saturated carbocycles. The maximum Gasteiger partial charge on any atom is 0.191 e. The minimum absolute atomic E-state index is 0. The third-order valence-corrected chi connectivity index (χ3v) is 6.26. The highest BCUT2D eigenvalue weighted by molar-refractivity contribution is 14.0. The molecule has 1 fully saturated rings. The van der Waals surface area contributed by atoms with Gasteiger partial charge in [0, 0.05) is 24.9 Å². The molecule has 0 aromatic heterocycles. The molecule has 0 amide bonds. The molecular weight excluding hydrogens is 487 g/mol. The first-order valence-electron chi connectivity index (χ1n) is 9.40. The Hall–Kier alpha value is -0.870. The first-order valence-corrected chi connectivity index (χ1v) is 10.7. The molecule has 0 radical (unpaired) electrons. The fourth-order valence-electron chi connectivity index (χ4n) is 3.53. The lowest BCUT2D eigenvalue weighted by Crippen LogP contribution is -2.45. The van der Waals surface area contributed by atoms with Crippen molar-refractivity contribution in [3.05, 3.63) is 23.8 Å². The van der Waals surface area contributed by atoms with E-state index < -0.39 is 0 Å². The van der Waals surface area contributed by atoms with Gasteiger partial charge < -0.3 is 25.0 Å². The topological polar surface area (TPSA) is 58.1 Å². The molecule has 1 aliphatic rings. The van der Waals surface area contributed by atoms with Crippen LogP contribution in [0.1, 0.15) is 30.9 Å². The van der Waals surface area contributed by atoms with Crippen molar-refractivity contribution in [1.82, 2.24) is 15.5 Å². The second-order valence-corrected chi connectivity index (χ2v) is 8.20. The van der Waals surface area contributed by atoms with Crippen LogP contribution in [0.5, 0.6) is 11.5 Å². The van der Waals surface area contributed by atoms with Crippen LogP contribution in [0.25, 0.3) is 0 Å². The smallest absolute Gasteiger partial charge is 0.191 e. The summed E-state index contributed by atoms with van der Waals surface area (Å²) in [4.78, 5) is 6.61. The molecule has 8 heteroatoms. The van der Waals surface area contributed by atoms with Gasteiger partial charge in [0.25, 0.3) is 0 Å². The zero-order chi connectivity index (χ0) is 19.8. The van der Waals surface area contributed by atoms with Crippen LogP contribution in [0.3, 0.4) is 0 Å². The van der Waals surface area contributed by atoms with Crippen LogP contribution in [-0.4, -0.2) is 70.3 Å². The van der Waals surface area contributed by atoms with Crippen molar-refractivity contribution in [2.45, 2.75) is 36.6 Å². The molecule has 0 spiro atoms. The van der Waals surface area contributed by atoms with Gasteiger partial charge >= 0.3 is 0 Å². The fourth-order valence-corrected chi connectivity index (χ4v) is 4.32. The number of aliphatic imine (C=N–C) groups is 1. The average Bonchev–Trinajstić information content (AvgIpc) is 3.14. The SMILES string of the molecule is CN=C(NCC(c1ccc(OC)c(OC)c1)N(C)C)NC1CCC(SC)C1.I. The van der Waals surface area contributed by atoms with Gasteiger partial charge in [-0.15, -0.1) is 24.0 Å². The van der Waals surface area contributed by atoms with E-state index in [4.69, 9.17) is 9.47 Å². The van der Waals surface area contributed by atoms with Gasteiger partial charge in [-0.1, -0.05) is 6.07 Å². The minimum Gasteiger partial charge on any atom is -0.493 e. The van der Waals surface area contributed by atoms with Gasteiger partial charge in [-0.2, -0.15) is 11.8 Å². The van der Waals surface area contributed by atoms with E-state index in [0.29, 0.717) is 6.04 Å². The van der Waals surface area contributed by atoms with Gasteiger partial charge in [0.15, 0.2) is 17.5 Å². The number of ether oxygens (including phenoxy) is 2. The van der Waals surface area contributed by atoms with Crippen molar-refractivity contribution >= 4 is 41.7 Å². The quantitative estimate of drug-likeness (QED) is 0.310. The molecule has 0 bridgehead atoms. The normalized spacial score (nSPS) is 20.5. The van der Waals surface area contributed by atoms with E-state index in [0.717, 1.165) is 29.3 Å². The van der Waals surface area contributed by atoms with Crippen molar-refractivity contribution in [3.63, 3.8) is 0 Å². The number of benzene rings is 1. The molecule has 28 heavy (non-hydrogen) atoms. The Morgan fingerprint density at radius 2 is 1.96 bits per heavy atom. The summed E-state index contributed by atoms with van der Waals surface area (Å²) in [5, 5.41) is 7.84. The lowest BCUT2D eigenvalue weighted by molar-refractivity contribution is 0.295. The number of nitrogens with one attached hydrogen (secondary N) is 2. The van der Waals surface area contributed by atoms with Gasteiger partial charge in [-0.3, -0.25) is 4.99 Å². The molecule has 3 atom stereocenters. The summed E-state index contributed by atoms with van der Waals surface area (Å²) >= 11 is 1.97. The Kier molecular flexibility index (Phi) is 11.4. The third kappa shape index (κ3) is 6.88. The van der Waals surface area contributed by atoms with E-state index in [2.05, 4.69) is 46.9 Å². The maximum atomic E-state index is 5.46. The maximum absolute atomic E-state index is 5.46. The number of rotatable bonds is 8. The predicted molar refractivity (Wildman–Crippen MR) is 131 cm³/mol. The molecule has 0 saturated heterocycles. The molecule has 6 nitrogen and oxygen atoms in total. The predicted octanol–water partition coefficient (Wildman–Crippen LogP) is 3.37. The number of nitrogens with zero attached hydrogens (tertiary/aromatic N) is 2. The molecule has 1 aromatic carbocycles. The van der Waals surface area contributed by atoms with E-state index in [1.54, 1.807) is 14.2 Å². The van der Waals surface area contributed by atoms with Crippen molar-refractivity contribution < 1.29 is 9.47 Å². The number of likely N-dealkylation sites (N-methyl/N-ethyl adjacent to an activating group) is 1. The third-order valence-electron chi connectivity index (χ3n) is 5.16. The zero-order valence-corrected chi connectivity index (χ0v) is 21.0. The molecule has 1 aromatic rings. The molecule has 0 heterocycles. The number of hydrogen-bond donors (Lipinski definition) is 2. The minimum atomic E-state index is 0.